The van der Waals surface area contributed by atoms with Crippen molar-refractivity contribution in [3.63, 3.8) is 0 Å². The number of rotatable bonds is 5. The van der Waals surface area contributed by atoms with Crippen molar-refractivity contribution < 1.29 is 9.66 Å². The topological polar surface area (TPSA) is 88.8 Å². The molecule has 2 aromatic carbocycles. The average Bonchev–Trinajstić information content (AvgIpc) is 2.59. The molecule has 2 N–H and O–H groups in total. The lowest BCUT2D eigenvalue weighted by atomic mass is 10.1. The Hall–Kier alpha value is -3.00. The highest BCUT2D eigenvalue weighted by atomic mass is 32.1. The summed E-state index contributed by atoms with van der Waals surface area (Å²) in [6.45, 7) is 1.80. The molecule has 0 spiro atoms. The molecule has 0 unspecified atom stereocenters. The second-order valence-corrected chi connectivity index (χ2v) is 5.15. The first kappa shape index (κ1) is 17.4. The van der Waals surface area contributed by atoms with Gasteiger partial charge in [0.05, 0.1) is 17.7 Å². The van der Waals surface area contributed by atoms with Gasteiger partial charge in [-0.1, -0.05) is 24.3 Å². The summed E-state index contributed by atoms with van der Waals surface area (Å²) < 4.78 is 5.28. The zero-order valence-corrected chi connectivity index (χ0v) is 14.0. The maximum Gasteiger partial charge on any atom is 0.292 e. The van der Waals surface area contributed by atoms with Crippen LogP contribution in [0.25, 0.3) is 0 Å². The van der Waals surface area contributed by atoms with E-state index in [2.05, 4.69) is 15.8 Å². The van der Waals surface area contributed by atoms with Crippen LogP contribution in [-0.2, 0) is 0 Å². The molecule has 0 aliphatic carbocycles. The molecule has 0 bridgehead atoms. The normalized spacial score (nSPS) is 10.8. The number of ether oxygens (including phenoxy) is 1. The number of nitrogens with zero attached hydrogens (tertiary/aromatic N) is 2. The van der Waals surface area contributed by atoms with Gasteiger partial charge in [-0.05, 0) is 37.3 Å². The maximum absolute atomic E-state index is 11.0. The molecule has 0 atom stereocenters. The van der Waals surface area contributed by atoms with E-state index in [1.165, 1.54) is 6.07 Å². The molecule has 24 heavy (non-hydrogen) atoms. The molecule has 0 radical (unpaired) electrons. The average molecular weight is 344 g/mol. The van der Waals surface area contributed by atoms with Crippen LogP contribution in [0.2, 0.25) is 0 Å². The Labute approximate surface area is 144 Å². The van der Waals surface area contributed by atoms with Crippen LogP contribution in [0.15, 0.2) is 53.6 Å². The Kier molecular flexibility index (Phi) is 5.80. The van der Waals surface area contributed by atoms with Crippen LogP contribution in [-0.4, -0.2) is 22.9 Å². The summed E-state index contributed by atoms with van der Waals surface area (Å²) in [6.07, 6.45) is 0. The number of anilines is 1. The van der Waals surface area contributed by atoms with E-state index in [0.717, 1.165) is 5.56 Å². The van der Waals surface area contributed by atoms with Crippen molar-refractivity contribution in [2.24, 2.45) is 5.10 Å². The van der Waals surface area contributed by atoms with E-state index in [-0.39, 0.29) is 10.8 Å². The molecule has 0 aliphatic rings. The minimum atomic E-state index is -0.478. The molecule has 2 aromatic rings. The molecule has 0 saturated heterocycles. The fourth-order valence-electron chi connectivity index (χ4n) is 2.03. The number of benzene rings is 2. The summed E-state index contributed by atoms with van der Waals surface area (Å²) in [4.78, 5) is 10.5. The summed E-state index contributed by atoms with van der Waals surface area (Å²) >= 11 is 5.13. The summed E-state index contributed by atoms with van der Waals surface area (Å²) in [7, 11) is 1.58. The third-order valence-corrected chi connectivity index (χ3v) is 3.36. The Morgan fingerprint density at radius 2 is 1.88 bits per heavy atom. The zero-order chi connectivity index (χ0) is 17.5. The van der Waals surface area contributed by atoms with Gasteiger partial charge in [0.25, 0.3) is 5.69 Å². The first-order valence-electron chi connectivity index (χ1n) is 7.01. The van der Waals surface area contributed by atoms with Crippen LogP contribution in [0.5, 0.6) is 5.75 Å². The highest BCUT2D eigenvalue weighted by molar-refractivity contribution is 7.80. The highest BCUT2D eigenvalue weighted by Crippen LogP contribution is 2.23. The molecule has 124 valence electrons. The van der Waals surface area contributed by atoms with Gasteiger partial charge in [-0.3, -0.25) is 15.5 Å². The zero-order valence-electron chi connectivity index (χ0n) is 13.1. The second kappa shape index (κ2) is 8.02. The number of nitro benzene ring substituents is 1. The van der Waals surface area contributed by atoms with Crippen molar-refractivity contribution in [3.8, 4) is 5.75 Å². The van der Waals surface area contributed by atoms with Crippen molar-refractivity contribution in [1.82, 2.24) is 5.43 Å². The summed E-state index contributed by atoms with van der Waals surface area (Å²) in [5.41, 5.74) is 4.40. The standard InChI is InChI=1S/C16H16N4O3S/c1-11(12-7-3-6-10-15(12)23-2)18-19-16(24)17-13-8-4-5-9-14(13)20(21)22/h3-10H,1-2H3,(H2,17,19,24)/b18-11-. The molecule has 0 amide bonds. The number of nitrogens with one attached hydrogen (secondary N) is 2. The number of hydrazone groups is 1. The summed E-state index contributed by atoms with van der Waals surface area (Å²) in [6, 6.07) is 13.7. The lowest BCUT2D eigenvalue weighted by molar-refractivity contribution is -0.383. The first-order chi connectivity index (χ1) is 11.5. The van der Waals surface area contributed by atoms with Gasteiger partial charge in [-0.15, -0.1) is 0 Å². The van der Waals surface area contributed by atoms with Gasteiger partial charge in [0, 0.05) is 11.6 Å². The van der Waals surface area contributed by atoms with E-state index in [0.29, 0.717) is 17.1 Å². The van der Waals surface area contributed by atoms with E-state index in [9.17, 15) is 10.1 Å². The lowest BCUT2D eigenvalue weighted by Gasteiger charge is -2.10. The third-order valence-electron chi connectivity index (χ3n) is 3.17. The molecule has 0 saturated carbocycles. The van der Waals surface area contributed by atoms with E-state index in [1.807, 2.05) is 24.3 Å². The first-order valence-corrected chi connectivity index (χ1v) is 7.42. The van der Waals surface area contributed by atoms with E-state index in [4.69, 9.17) is 17.0 Å². The Morgan fingerprint density at radius 3 is 2.58 bits per heavy atom. The fourth-order valence-corrected chi connectivity index (χ4v) is 2.18. The predicted molar refractivity (Wildman–Crippen MR) is 97.7 cm³/mol. The SMILES string of the molecule is COc1ccccc1/C(C)=N\NC(=S)Nc1ccccc1[N+](=O)[O-]. The number of hydrogen-bond donors (Lipinski definition) is 2. The molecule has 0 aromatic heterocycles. The minimum Gasteiger partial charge on any atom is -0.496 e. The molecule has 2 rings (SSSR count). The lowest BCUT2D eigenvalue weighted by Crippen LogP contribution is -2.25. The van der Waals surface area contributed by atoms with Gasteiger partial charge in [0.15, 0.2) is 5.11 Å². The Morgan fingerprint density at radius 1 is 1.21 bits per heavy atom. The molecule has 0 heterocycles. The number of para-hydroxylation sites is 3. The van der Waals surface area contributed by atoms with Crippen molar-refractivity contribution in [2.45, 2.75) is 6.92 Å². The van der Waals surface area contributed by atoms with Crippen LogP contribution >= 0.6 is 12.2 Å². The Balaban J connectivity index is 2.09. The second-order valence-electron chi connectivity index (χ2n) is 4.74. The predicted octanol–water partition coefficient (Wildman–Crippen LogP) is 3.31. The quantitative estimate of drug-likeness (QED) is 0.374. The molecule has 8 heteroatoms. The van der Waals surface area contributed by atoms with Crippen LogP contribution in [0.1, 0.15) is 12.5 Å². The van der Waals surface area contributed by atoms with Crippen molar-refractivity contribution in [2.75, 3.05) is 12.4 Å². The van der Waals surface area contributed by atoms with Gasteiger partial charge < -0.3 is 10.1 Å². The largest absolute Gasteiger partial charge is 0.496 e. The van der Waals surface area contributed by atoms with Gasteiger partial charge in [0.1, 0.15) is 11.4 Å². The molecule has 0 fully saturated rings. The van der Waals surface area contributed by atoms with Crippen molar-refractivity contribution in [1.29, 1.82) is 0 Å². The summed E-state index contributed by atoms with van der Waals surface area (Å²) in [5, 5.41) is 18.1. The van der Waals surface area contributed by atoms with E-state index < -0.39 is 4.92 Å². The molecular weight excluding hydrogens is 328 g/mol. The van der Waals surface area contributed by atoms with E-state index in [1.54, 1.807) is 32.2 Å². The van der Waals surface area contributed by atoms with Gasteiger partial charge in [-0.25, -0.2) is 0 Å². The monoisotopic (exact) mass is 344 g/mol. The van der Waals surface area contributed by atoms with Gasteiger partial charge in [-0.2, -0.15) is 5.10 Å². The van der Waals surface area contributed by atoms with Crippen LogP contribution < -0.4 is 15.5 Å². The summed E-state index contributed by atoms with van der Waals surface area (Å²) in [5.74, 6) is 0.693. The third kappa shape index (κ3) is 4.26. The smallest absolute Gasteiger partial charge is 0.292 e. The fraction of sp³-hybridized carbons (Fsp3) is 0.125. The maximum atomic E-state index is 11.0. The highest BCUT2D eigenvalue weighted by Gasteiger charge is 2.13. The Bertz CT molecular complexity index is 792. The van der Waals surface area contributed by atoms with Crippen LogP contribution in [0, 0.1) is 10.1 Å². The van der Waals surface area contributed by atoms with Gasteiger partial charge >= 0.3 is 0 Å². The molecular formula is C16H16N4O3S. The van der Waals surface area contributed by atoms with Crippen LogP contribution in [0.3, 0.4) is 0 Å². The van der Waals surface area contributed by atoms with Crippen molar-refractivity contribution >= 4 is 34.4 Å². The van der Waals surface area contributed by atoms with E-state index >= 15 is 0 Å². The number of nitro groups is 1. The number of thiocarbonyl (C=S) groups is 1. The number of methoxy groups -OCH3 is 1. The number of hydrogen-bond acceptors (Lipinski definition) is 5. The minimum absolute atomic E-state index is 0.0629. The van der Waals surface area contributed by atoms with Gasteiger partial charge in [0.2, 0.25) is 0 Å². The van der Waals surface area contributed by atoms with Crippen LogP contribution in [0.4, 0.5) is 11.4 Å². The van der Waals surface area contributed by atoms with Crippen molar-refractivity contribution in [3.05, 3.63) is 64.2 Å². The molecule has 0 aliphatic heterocycles. The molecule has 7 nitrogen and oxygen atoms in total.